The first-order chi connectivity index (χ1) is 13.2. The number of piperidine rings is 1. The predicted octanol–water partition coefficient (Wildman–Crippen LogP) is 2.72. The van der Waals surface area contributed by atoms with Crippen molar-refractivity contribution in [1.82, 2.24) is 14.8 Å². The van der Waals surface area contributed by atoms with Crippen molar-refractivity contribution in [3.05, 3.63) is 11.6 Å². The molecule has 9 heteroatoms. The maximum Gasteiger partial charge on any atom is 0.410 e. The SMILES string of the molecule is CC(C)(C)OC(=O)N1CCC[C@@H](C(=O)N2CCC[C@H]2C(=O)Nc2nccs2)C1. The van der Waals surface area contributed by atoms with E-state index < -0.39 is 11.6 Å². The van der Waals surface area contributed by atoms with E-state index in [-0.39, 0.29) is 23.8 Å². The van der Waals surface area contributed by atoms with Gasteiger partial charge in [0, 0.05) is 31.2 Å². The van der Waals surface area contributed by atoms with E-state index in [1.54, 1.807) is 21.4 Å². The molecule has 2 aliphatic rings. The number of hydrogen-bond acceptors (Lipinski definition) is 6. The molecule has 1 aromatic heterocycles. The minimum atomic E-state index is -0.567. The van der Waals surface area contributed by atoms with Crippen molar-refractivity contribution in [2.75, 3.05) is 25.0 Å². The maximum atomic E-state index is 13.1. The normalized spacial score (nSPS) is 22.8. The van der Waals surface area contributed by atoms with Crippen molar-refractivity contribution in [3.8, 4) is 0 Å². The van der Waals surface area contributed by atoms with Crippen molar-refractivity contribution in [3.63, 3.8) is 0 Å². The van der Waals surface area contributed by atoms with Crippen LogP contribution in [0.5, 0.6) is 0 Å². The van der Waals surface area contributed by atoms with Gasteiger partial charge in [-0.05, 0) is 46.5 Å². The molecule has 3 heterocycles. The number of anilines is 1. The van der Waals surface area contributed by atoms with Crippen molar-refractivity contribution >= 4 is 34.4 Å². The average Bonchev–Trinajstić information content (AvgIpc) is 3.31. The summed E-state index contributed by atoms with van der Waals surface area (Å²) in [4.78, 5) is 45.5. The molecule has 8 nitrogen and oxygen atoms in total. The molecule has 2 aliphatic heterocycles. The Bertz CT molecular complexity index is 716. The van der Waals surface area contributed by atoms with E-state index in [1.165, 1.54) is 11.3 Å². The van der Waals surface area contributed by atoms with Crippen LogP contribution in [0.3, 0.4) is 0 Å². The van der Waals surface area contributed by atoms with Crippen LogP contribution in [0.2, 0.25) is 0 Å². The average molecular weight is 409 g/mol. The predicted molar refractivity (Wildman–Crippen MR) is 106 cm³/mol. The fourth-order valence-corrected chi connectivity index (χ4v) is 4.21. The molecule has 2 saturated heterocycles. The minimum absolute atomic E-state index is 0.0509. The summed E-state index contributed by atoms with van der Waals surface area (Å²) in [5.74, 6) is -0.541. The highest BCUT2D eigenvalue weighted by atomic mass is 32.1. The molecule has 1 N–H and O–H groups in total. The maximum absolute atomic E-state index is 13.1. The van der Waals surface area contributed by atoms with Crippen LogP contribution < -0.4 is 5.32 Å². The molecule has 3 amide bonds. The summed E-state index contributed by atoms with van der Waals surface area (Å²) in [6.45, 7) is 6.98. The Morgan fingerprint density at radius 2 is 1.96 bits per heavy atom. The molecule has 2 fully saturated rings. The zero-order chi connectivity index (χ0) is 20.3. The number of amides is 3. The van der Waals surface area contributed by atoms with Crippen molar-refractivity contribution < 1.29 is 19.1 Å². The quantitative estimate of drug-likeness (QED) is 0.830. The first kappa shape index (κ1) is 20.6. The minimum Gasteiger partial charge on any atom is -0.444 e. The fraction of sp³-hybridized carbons (Fsp3) is 0.684. The Morgan fingerprint density at radius 1 is 1.21 bits per heavy atom. The van der Waals surface area contributed by atoms with Crippen LogP contribution in [-0.2, 0) is 14.3 Å². The van der Waals surface area contributed by atoms with Gasteiger partial charge in [-0.2, -0.15) is 0 Å². The topological polar surface area (TPSA) is 91.8 Å². The Morgan fingerprint density at radius 3 is 2.64 bits per heavy atom. The second-order valence-electron chi connectivity index (χ2n) is 8.28. The summed E-state index contributed by atoms with van der Waals surface area (Å²) in [5, 5.41) is 5.13. The smallest absolute Gasteiger partial charge is 0.410 e. The number of thiazole rings is 1. The number of hydrogen-bond donors (Lipinski definition) is 1. The van der Waals surface area contributed by atoms with Gasteiger partial charge in [-0.15, -0.1) is 11.3 Å². The molecule has 0 aliphatic carbocycles. The van der Waals surface area contributed by atoms with Gasteiger partial charge in [0.2, 0.25) is 11.8 Å². The van der Waals surface area contributed by atoms with Gasteiger partial charge in [0.1, 0.15) is 11.6 Å². The van der Waals surface area contributed by atoms with Gasteiger partial charge in [-0.1, -0.05) is 0 Å². The summed E-state index contributed by atoms with van der Waals surface area (Å²) < 4.78 is 5.44. The van der Waals surface area contributed by atoms with E-state index in [2.05, 4.69) is 10.3 Å². The molecule has 154 valence electrons. The lowest BCUT2D eigenvalue weighted by atomic mass is 9.96. The summed E-state index contributed by atoms with van der Waals surface area (Å²) in [7, 11) is 0. The lowest BCUT2D eigenvalue weighted by molar-refractivity contribution is -0.141. The van der Waals surface area contributed by atoms with Crippen LogP contribution in [-0.4, -0.2) is 64.0 Å². The van der Waals surface area contributed by atoms with Gasteiger partial charge in [-0.3, -0.25) is 9.59 Å². The third kappa shape index (κ3) is 5.01. The molecule has 0 saturated carbocycles. The Kier molecular flexibility index (Phi) is 6.22. The van der Waals surface area contributed by atoms with Gasteiger partial charge >= 0.3 is 6.09 Å². The molecule has 2 atom stereocenters. The van der Waals surface area contributed by atoms with E-state index in [4.69, 9.17) is 4.74 Å². The van der Waals surface area contributed by atoms with Crippen LogP contribution in [0.4, 0.5) is 9.93 Å². The van der Waals surface area contributed by atoms with E-state index in [0.717, 1.165) is 19.3 Å². The van der Waals surface area contributed by atoms with Crippen molar-refractivity contribution in [2.45, 2.75) is 58.1 Å². The van der Waals surface area contributed by atoms with Crippen LogP contribution in [0.1, 0.15) is 46.5 Å². The number of likely N-dealkylation sites (tertiary alicyclic amines) is 2. The largest absolute Gasteiger partial charge is 0.444 e. The van der Waals surface area contributed by atoms with Gasteiger partial charge in [0.05, 0.1) is 5.92 Å². The van der Waals surface area contributed by atoms with E-state index in [9.17, 15) is 14.4 Å². The highest BCUT2D eigenvalue weighted by Crippen LogP contribution is 2.26. The molecular weight excluding hydrogens is 380 g/mol. The van der Waals surface area contributed by atoms with Gasteiger partial charge in [0.15, 0.2) is 5.13 Å². The molecule has 1 aromatic rings. The molecular formula is C19H28N4O4S. The highest BCUT2D eigenvalue weighted by Gasteiger charge is 2.39. The third-order valence-corrected chi connectivity index (χ3v) is 5.61. The van der Waals surface area contributed by atoms with Gasteiger partial charge in [-0.25, -0.2) is 9.78 Å². The molecule has 0 unspecified atom stereocenters. The third-order valence-electron chi connectivity index (χ3n) is 4.92. The van der Waals surface area contributed by atoms with Crippen molar-refractivity contribution in [1.29, 1.82) is 0 Å². The number of ether oxygens (including phenoxy) is 1. The van der Waals surface area contributed by atoms with Crippen molar-refractivity contribution in [2.24, 2.45) is 5.92 Å². The molecule has 3 rings (SSSR count). The van der Waals surface area contributed by atoms with Crippen LogP contribution in [0.15, 0.2) is 11.6 Å². The van der Waals surface area contributed by atoms with E-state index in [1.807, 2.05) is 20.8 Å². The standard InChI is InChI=1S/C19H28N4O4S/c1-19(2,3)27-18(26)22-9-4-6-13(12-22)16(25)23-10-5-7-14(23)15(24)21-17-20-8-11-28-17/h8,11,13-14H,4-7,9-10,12H2,1-3H3,(H,20,21,24)/t13-,14+/m1/s1. The van der Waals surface area contributed by atoms with Gasteiger partial charge < -0.3 is 19.9 Å². The molecule has 0 radical (unpaired) electrons. The Labute approximate surface area is 169 Å². The van der Waals surface area contributed by atoms with Crippen LogP contribution in [0, 0.1) is 5.92 Å². The molecule has 28 heavy (non-hydrogen) atoms. The second kappa shape index (κ2) is 8.46. The number of rotatable bonds is 3. The van der Waals surface area contributed by atoms with Crippen LogP contribution in [0.25, 0.3) is 0 Å². The lowest BCUT2D eigenvalue weighted by Crippen LogP contribution is -2.51. The summed E-state index contributed by atoms with van der Waals surface area (Å²) in [6, 6.07) is -0.478. The number of carbonyl (C=O) groups excluding carboxylic acids is 3. The second-order valence-corrected chi connectivity index (χ2v) is 9.18. The fourth-order valence-electron chi connectivity index (χ4n) is 3.68. The van der Waals surface area contributed by atoms with Gasteiger partial charge in [0.25, 0.3) is 0 Å². The zero-order valence-electron chi connectivity index (χ0n) is 16.6. The highest BCUT2D eigenvalue weighted by molar-refractivity contribution is 7.13. The van der Waals surface area contributed by atoms with Crippen LogP contribution >= 0.6 is 11.3 Å². The van der Waals surface area contributed by atoms with E-state index >= 15 is 0 Å². The Hall–Kier alpha value is -2.16. The summed E-state index contributed by atoms with van der Waals surface area (Å²) in [6.07, 6.45) is 4.15. The zero-order valence-corrected chi connectivity index (χ0v) is 17.5. The summed E-state index contributed by atoms with van der Waals surface area (Å²) >= 11 is 1.35. The lowest BCUT2D eigenvalue weighted by Gasteiger charge is -2.36. The number of nitrogens with one attached hydrogen (secondary N) is 1. The summed E-state index contributed by atoms with van der Waals surface area (Å²) in [5.41, 5.74) is -0.567. The first-order valence-electron chi connectivity index (χ1n) is 9.73. The number of aromatic nitrogens is 1. The number of nitrogens with zero attached hydrogens (tertiary/aromatic N) is 3. The molecule has 0 bridgehead atoms. The Balaban J connectivity index is 1.61. The molecule has 0 spiro atoms. The first-order valence-corrected chi connectivity index (χ1v) is 10.6. The number of carbonyl (C=O) groups is 3. The molecule has 0 aromatic carbocycles. The van der Waals surface area contributed by atoms with E-state index in [0.29, 0.717) is 31.2 Å². The monoisotopic (exact) mass is 408 g/mol.